The minimum absolute atomic E-state index is 0.150. The van der Waals surface area contributed by atoms with E-state index in [1.165, 1.54) is 24.1 Å². The van der Waals surface area contributed by atoms with Crippen LogP contribution in [0.3, 0.4) is 0 Å². The third-order valence-electron chi connectivity index (χ3n) is 7.73. The Bertz CT molecular complexity index is 1440. The third kappa shape index (κ3) is 7.00. The quantitative estimate of drug-likeness (QED) is 0.181. The van der Waals surface area contributed by atoms with Crippen LogP contribution in [0.4, 0.5) is 5.82 Å². The van der Waals surface area contributed by atoms with Gasteiger partial charge in [0.2, 0.25) is 0 Å². The molecular formula is C28H39N6O8P. The Morgan fingerprint density at radius 3 is 2.51 bits per heavy atom. The van der Waals surface area contributed by atoms with Gasteiger partial charge in [0, 0.05) is 0 Å². The molecule has 1 saturated heterocycles. The lowest BCUT2D eigenvalue weighted by Crippen LogP contribution is -2.45. The third-order valence-corrected chi connectivity index (χ3v) is 9.38. The maximum absolute atomic E-state index is 14.4. The van der Waals surface area contributed by atoms with Crippen LogP contribution in [-0.4, -0.2) is 72.3 Å². The number of fused-ring (bicyclic) bond motifs is 1. The van der Waals surface area contributed by atoms with E-state index in [1.54, 1.807) is 44.2 Å². The Kier molecular flexibility index (Phi) is 9.64. The number of carbonyl (C=O) groups is 1. The average Bonchev–Trinajstić information content (AvgIpc) is 3.54. The summed E-state index contributed by atoms with van der Waals surface area (Å²) in [5.41, 5.74) is 6.50. The fourth-order valence-electron chi connectivity index (χ4n) is 5.40. The van der Waals surface area contributed by atoms with Gasteiger partial charge in [0.05, 0.1) is 12.4 Å². The normalized spacial score (nSPS) is 25.8. The number of rotatable bonds is 11. The molecule has 5 rings (SSSR count). The summed E-state index contributed by atoms with van der Waals surface area (Å²) in [6, 6.07) is 7.37. The predicted octanol–water partition coefficient (Wildman–Crippen LogP) is 3.11. The first kappa shape index (κ1) is 31.3. The highest BCUT2D eigenvalue weighted by Crippen LogP contribution is 2.48. The van der Waals surface area contributed by atoms with Gasteiger partial charge in [-0.25, -0.2) is 19.5 Å². The lowest BCUT2D eigenvalue weighted by Gasteiger charge is -2.31. The van der Waals surface area contributed by atoms with Gasteiger partial charge in [0.15, 0.2) is 17.7 Å². The van der Waals surface area contributed by atoms with E-state index in [4.69, 9.17) is 24.3 Å². The first-order chi connectivity index (χ1) is 20.6. The highest BCUT2D eigenvalue weighted by Gasteiger charge is 2.49. The standard InChI is InChI=1S/C28H39N6O8P/c1-16(2)20(28(37)39-18-10-6-4-7-11-18)33-43(38,42-19-12-8-5-9-13-19)41-17(3)24-22(35)23(36)27(40-24)34-15-32-21-25(29)30-14-31-26(21)34/h5,8-9,12-18,20,22-24,27,35-36H,4,6-7,10-11H2,1-3H3,(H,33,38)(H2,29,30,31). The molecule has 2 aliphatic rings. The number of aromatic nitrogens is 4. The van der Waals surface area contributed by atoms with Crippen LogP contribution in [0.5, 0.6) is 5.75 Å². The van der Waals surface area contributed by atoms with Gasteiger partial charge in [-0.05, 0) is 50.7 Å². The van der Waals surface area contributed by atoms with Crippen LogP contribution >= 0.6 is 7.75 Å². The van der Waals surface area contributed by atoms with Gasteiger partial charge < -0.3 is 29.9 Å². The zero-order valence-electron chi connectivity index (χ0n) is 24.4. The van der Waals surface area contributed by atoms with Crippen LogP contribution in [0, 0.1) is 5.92 Å². The van der Waals surface area contributed by atoms with Gasteiger partial charge in [-0.1, -0.05) is 38.5 Å². The second-order valence-electron chi connectivity index (χ2n) is 11.3. The molecule has 7 atom stereocenters. The van der Waals surface area contributed by atoms with Crippen molar-refractivity contribution in [2.45, 2.75) is 95.7 Å². The van der Waals surface area contributed by atoms with E-state index in [2.05, 4.69) is 20.0 Å². The first-order valence-corrected chi connectivity index (χ1v) is 16.1. The number of nitrogens with zero attached hydrogens (tertiary/aromatic N) is 4. The fraction of sp³-hybridized carbons (Fsp3) is 0.571. The Labute approximate surface area is 249 Å². The number of nitrogens with one attached hydrogen (secondary N) is 1. The molecule has 2 fully saturated rings. The number of para-hydroxylation sites is 1. The van der Waals surface area contributed by atoms with Crippen molar-refractivity contribution in [2.75, 3.05) is 5.73 Å². The van der Waals surface area contributed by atoms with E-state index in [0.717, 1.165) is 32.1 Å². The van der Waals surface area contributed by atoms with Gasteiger partial charge in [0.1, 0.15) is 48.1 Å². The van der Waals surface area contributed by atoms with Crippen molar-refractivity contribution < 1.29 is 38.1 Å². The predicted molar refractivity (Wildman–Crippen MR) is 156 cm³/mol. The molecule has 1 aliphatic heterocycles. The summed E-state index contributed by atoms with van der Waals surface area (Å²) in [7, 11) is -4.32. The van der Waals surface area contributed by atoms with Crippen LogP contribution in [0.1, 0.15) is 59.1 Å². The van der Waals surface area contributed by atoms with Crippen LogP contribution < -0.4 is 15.3 Å². The SMILES string of the molecule is CC(C)C(NP(=O)(Oc1ccccc1)OC(C)C1OC(n2cnc3c(N)ncnc32)C(O)C1O)C(=O)OC1CCCCC1. The minimum atomic E-state index is -4.32. The smallest absolute Gasteiger partial charge is 0.459 e. The topological polar surface area (TPSA) is 193 Å². The van der Waals surface area contributed by atoms with Crippen LogP contribution in [-0.2, 0) is 23.4 Å². The molecule has 0 bridgehead atoms. The second kappa shape index (κ2) is 13.2. The number of benzene rings is 1. The number of carbonyl (C=O) groups excluding carboxylic acids is 1. The Morgan fingerprint density at radius 2 is 1.81 bits per heavy atom. The molecule has 1 aliphatic carbocycles. The Morgan fingerprint density at radius 1 is 1.09 bits per heavy atom. The van der Waals surface area contributed by atoms with E-state index >= 15 is 0 Å². The summed E-state index contributed by atoms with van der Waals surface area (Å²) >= 11 is 0. The maximum Gasteiger partial charge on any atom is 0.459 e. The number of hydrogen-bond acceptors (Lipinski definition) is 12. The number of imidazole rings is 1. The van der Waals surface area contributed by atoms with Crippen molar-refractivity contribution in [3.63, 3.8) is 0 Å². The minimum Gasteiger partial charge on any atom is -0.461 e. The zero-order chi connectivity index (χ0) is 30.7. The molecular weight excluding hydrogens is 579 g/mol. The van der Waals surface area contributed by atoms with Crippen molar-refractivity contribution in [3.8, 4) is 5.75 Å². The Balaban J connectivity index is 1.36. The number of esters is 1. The average molecular weight is 619 g/mol. The summed E-state index contributed by atoms with van der Waals surface area (Å²) in [6.45, 7) is 5.13. The number of aliphatic hydroxyl groups is 2. The van der Waals surface area contributed by atoms with E-state index < -0.39 is 50.4 Å². The van der Waals surface area contributed by atoms with Crippen molar-refractivity contribution >= 4 is 30.7 Å². The van der Waals surface area contributed by atoms with Crippen molar-refractivity contribution in [1.29, 1.82) is 0 Å². The number of hydrogen-bond donors (Lipinski definition) is 4. The maximum atomic E-state index is 14.4. The summed E-state index contributed by atoms with van der Waals surface area (Å²) < 4.78 is 39.5. The molecule has 5 N–H and O–H groups in total. The number of aliphatic hydroxyl groups excluding tert-OH is 2. The highest BCUT2D eigenvalue weighted by atomic mass is 31.2. The molecule has 1 saturated carbocycles. The number of nitrogen functional groups attached to an aromatic ring is 1. The molecule has 0 spiro atoms. The lowest BCUT2D eigenvalue weighted by molar-refractivity contribution is -0.154. The molecule has 7 unspecified atom stereocenters. The van der Waals surface area contributed by atoms with Crippen LogP contribution in [0.15, 0.2) is 43.0 Å². The van der Waals surface area contributed by atoms with Gasteiger partial charge in [-0.15, -0.1) is 0 Å². The van der Waals surface area contributed by atoms with Gasteiger partial charge in [-0.3, -0.25) is 13.9 Å². The monoisotopic (exact) mass is 618 g/mol. The summed E-state index contributed by atoms with van der Waals surface area (Å²) in [4.78, 5) is 25.6. The largest absolute Gasteiger partial charge is 0.461 e. The second-order valence-corrected chi connectivity index (χ2v) is 13.0. The molecule has 2 aromatic heterocycles. The molecule has 3 aromatic rings. The van der Waals surface area contributed by atoms with E-state index in [9.17, 15) is 19.6 Å². The molecule has 14 nitrogen and oxygen atoms in total. The van der Waals surface area contributed by atoms with Gasteiger partial charge in [0.25, 0.3) is 0 Å². The molecule has 234 valence electrons. The zero-order valence-corrected chi connectivity index (χ0v) is 25.2. The summed E-state index contributed by atoms with van der Waals surface area (Å²) in [5.74, 6) is -0.486. The molecule has 15 heteroatoms. The summed E-state index contributed by atoms with van der Waals surface area (Å²) in [5, 5.41) is 24.7. The Hall–Kier alpha value is -3.13. The van der Waals surface area contributed by atoms with Gasteiger partial charge in [-0.2, -0.15) is 5.09 Å². The van der Waals surface area contributed by atoms with Crippen molar-refractivity contribution in [2.24, 2.45) is 5.92 Å². The van der Waals surface area contributed by atoms with E-state index in [1.807, 2.05) is 0 Å². The molecule has 1 aromatic carbocycles. The van der Waals surface area contributed by atoms with Crippen LogP contribution in [0.25, 0.3) is 11.2 Å². The number of anilines is 1. The fourth-order valence-corrected chi connectivity index (χ4v) is 7.26. The lowest BCUT2D eigenvalue weighted by atomic mass is 9.97. The van der Waals surface area contributed by atoms with E-state index in [0.29, 0.717) is 11.2 Å². The van der Waals surface area contributed by atoms with Crippen molar-refractivity contribution in [1.82, 2.24) is 24.6 Å². The highest BCUT2D eigenvalue weighted by molar-refractivity contribution is 7.52. The molecule has 43 heavy (non-hydrogen) atoms. The molecule has 0 radical (unpaired) electrons. The molecule has 0 amide bonds. The summed E-state index contributed by atoms with van der Waals surface area (Å²) in [6.07, 6.45) is 0.867. The van der Waals surface area contributed by atoms with Crippen molar-refractivity contribution in [3.05, 3.63) is 43.0 Å². The number of ether oxygens (including phenoxy) is 2. The van der Waals surface area contributed by atoms with Gasteiger partial charge >= 0.3 is 13.7 Å². The number of nitrogens with two attached hydrogens (primary N) is 1. The first-order valence-electron chi connectivity index (χ1n) is 14.5. The van der Waals surface area contributed by atoms with Crippen LogP contribution in [0.2, 0.25) is 0 Å². The molecule has 3 heterocycles. The van der Waals surface area contributed by atoms with E-state index in [-0.39, 0.29) is 23.6 Å².